The van der Waals surface area contributed by atoms with Crippen LogP contribution in [0.5, 0.6) is 0 Å². The van der Waals surface area contributed by atoms with Crippen molar-refractivity contribution < 1.29 is 9.59 Å². The molecule has 0 radical (unpaired) electrons. The average Bonchev–Trinajstić information content (AvgIpc) is 3.16. The summed E-state index contributed by atoms with van der Waals surface area (Å²) in [4.78, 5) is 43.5. The van der Waals surface area contributed by atoms with Crippen LogP contribution in [-0.4, -0.2) is 34.5 Å². The Kier molecular flexibility index (Phi) is 6.23. The summed E-state index contributed by atoms with van der Waals surface area (Å²) in [5, 5.41) is 6.28. The maximum Gasteiger partial charge on any atom is 0.262 e. The highest BCUT2D eigenvalue weighted by atomic mass is 32.1. The third-order valence-corrected chi connectivity index (χ3v) is 6.49. The second kappa shape index (κ2) is 9.21. The Morgan fingerprint density at radius 3 is 2.67 bits per heavy atom. The molecule has 0 saturated heterocycles. The first-order chi connectivity index (χ1) is 14.6. The van der Waals surface area contributed by atoms with Crippen molar-refractivity contribution in [3.8, 4) is 0 Å². The van der Waals surface area contributed by atoms with E-state index in [1.54, 1.807) is 41.9 Å². The minimum absolute atomic E-state index is 0.0534. The van der Waals surface area contributed by atoms with Crippen molar-refractivity contribution in [2.75, 3.05) is 13.1 Å². The molecule has 0 atom stereocenters. The van der Waals surface area contributed by atoms with E-state index in [1.807, 2.05) is 6.07 Å². The van der Waals surface area contributed by atoms with Crippen LogP contribution in [0.2, 0.25) is 0 Å². The molecule has 2 N–H and O–H groups in total. The van der Waals surface area contributed by atoms with Gasteiger partial charge in [-0.3, -0.25) is 19.0 Å². The number of nitrogens with one attached hydrogen (secondary N) is 2. The summed E-state index contributed by atoms with van der Waals surface area (Å²) in [6, 6.07) is 8.93. The van der Waals surface area contributed by atoms with Gasteiger partial charge >= 0.3 is 0 Å². The first-order valence-corrected chi connectivity index (χ1v) is 11.0. The first-order valence-electron chi connectivity index (χ1n) is 10.2. The summed E-state index contributed by atoms with van der Waals surface area (Å²) in [6.45, 7) is 0.963. The fourth-order valence-corrected chi connectivity index (χ4v) is 4.94. The molecule has 0 bridgehead atoms. The molecule has 0 fully saturated rings. The van der Waals surface area contributed by atoms with Crippen molar-refractivity contribution in [1.29, 1.82) is 0 Å². The minimum Gasteiger partial charge on any atom is -0.354 e. The maximum atomic E-state index is 12.9. The average molecular weight is 425 g/mol. The van der Waals surface area contributed by atoms with E-state index in [1.165, 1.54) is 15.9 Å². The van der Waals surface area contributed by atoms with Gasteiger partial charge in [-0.2, -0.15) is 0 Å². The zero-order chi connectivity index (χ0) is 20.9. The quantitative estimate of drug-likeness (QED) is 0.569. The summed E-state index contributed by atoms with van der Waals surface area (Å²) >= 11 is 1.62. The molecular weight excluding hydrogens is 400 g/mol. The first kappa shape index (κ1) is 20.3. The van der Waals surface area contributed by atoms with Crippen molar-refractivity contribution in [2.45, 2.75) is 38.6 Å². The summed E-state index contributed by atoms with van der Waals surface area (Å²) in [5.74, 6) is -0.335. The van der Waals surface area contributed by atoms with Crippen LogP contribution in [0.4, 0.5) is 0 Å². The van der Waals surface area contributed by atoms with Gasteiger partial charge in [0.25, 0.3) is 11.5 Å². The second-order valence-corrected chi connectivity index (χ2v) is 8.44. The largest absolute Gasteiger partial charge is 0.354 e. The molecule has 1 aliphatic rings. The molecule has 156 valence electrons. The number of carbonyl (C=O) groups excluding carboxylic acids is 2. The molecule has 0 unspecified atom stereocenters. The third kappa shape index (κ3) is 4.43. The lowest BCUT2D eigenvalue weighted by atomic mass is 9.97. The van der Waals surface area contributed by atoms with Crippen LogP contribution in [0.1, 0.15) is 40.1 Å². The van der Waals surface area contributed by atoms with Crippen molar-refractivity contribution >= 4 is 33.4 Å². The second-order valence-electron chi connectivity index (χ2n) is 7.36. The van der Waals surface area contributed by atoms with Crippen LogP contribution in [-0.2, 0) is 24.2 Å². The van der Waals surface area contributed by atoms with Gasteiger partial charge in [-0.05, 0) is 43.4 Å². The zero-order valence-corrected chi connectivity index (χ0v) is 17.5. The molecule has 7 nitrogen and oxygen atoms in total. The molecular formula is C22H24N4O3S. The predicted octanol–water partition coefficient (Wildman–Crippen LogP) is 2.27. The van der Waals surface area contributed by atoms with Crippen molar-refractivity contribution in [3.05, 3.63) is 63.0 Å². The Morgan fingerprint density at radius 2 is 1.83 bits per heavy atom. The van der Waals surface area contributed by atoms with Crippen LogP contribution in [0.25, 0.3) is 10.2 Å². The van der Waals surface area contributed by atoms with E-state index in [4.69, 9.17) is 0 Å². The molecule has 4 rings (SSSR count). The Bertz CT molecular complexity index is 1120. The van der Waals surface area contributed by atoms with Crippen molar-refractivity contribution in [3.63, 3.8) is 0 Å². The molecule has 2 amide bonds. The third-order valence-electron chi connectivity index (χ3n) is 5.29. The monoisotopic (exact) mass is 424 g/mol. The number of amides is 2. The van der Waals surface area contributed by atoms with E-state index < -0.39 is 0 Å². The standard InChI is InChI=1S/C22H24N4O3S/c27-18(23-11-12-24-20(28)15-6-2-1-3-7-15)10-13-26-14-25-21-19(22(26)29)16-8-4-5-9-17(16)30-21/h1-3,6-7,14H,4-5,8-13H2,(H,23,27)(H,24,28). The number of hydrogen-bond acceptors (Lipinski definition) is 5. The van der Waals surface area contributed by atoms with Gasteiger partial charge in [0.1, 0.15) is 4.83 Å². The summed E-state index contributed by atoms with van der Waals surface area (Å²) in [7, 11) is 0. The Morgan fingerprint density at radius 1 is 1.07 bits per heavy atom. The van der Waals surface area contributed by atoms with E-state index in [0.717, 1.165) is 35.0 Å². The van der Waals surface area contributed by atoms with Crippen LogP contribution in [0.15, 0.2) is 41.5 Å². The molecule has 30 heavy (non-hydrogen) atoms. The number of fused-ring (bicyclic) bond motifs is 3. The van der Waals surface area contributed by atoms with Crippen molar-refractivity contribution in [2.24, 2.45) is 0 Å². The minimum atomic E-state index is -0.171. The molecule has 1 aliphatic carbocycles. The predicted molar refractivity (Wildman–Crippen MR) is 117 cm³/mol. The maximum absolute atomic E-state index is 12.9. The normalized spacial score (nSPS) is 13.1. The van der Waals surface area contributed by atoms with Gasteiger partial charge < -0.3 is 10.6 Å². The van der Waals surface area contributed by atoms with E-state index in [2.05, 4.69) is 15.6 Å². The molecule has 0 aliphatic heterocycles. The Balaban J connectivity index is 1.28. The number of thiophene rings is 1. The van der Waals surface area contributed by atoms with Crippen LogP contribution in [0, 0.1) is 0 Å². The lowest BCUT2D eigenvalue weighted by Crippen LogP contribution is -2.35. The Hall–Kier alpha value is -3.00. The zero-order valence-electron chi connectivity index (χ0n) is 16.6. The summed E-state index contributed by atoms with van der Waals surface area (Å²) < 4.78 is 1.53. The SMILES string of the molecule is O=C(CCn1cnc2sc3c(c2c1=O)CCCC3)NCCNC(=O)c1ccccc1. The molecule has 3 aromatic rings. The number of nitrogens with zero attached hydrogens (tertiary/aromatic N) is 2. The van der Waals surface area contributed by atoms with Gasteiger partial charge in [-0.25, -0.2) is 4.98 Å². The number of hydrogen-bond donors (Lipinski definition) is 2. The fourth-order valence-electron chi connectivity index (χ4n) is 3.72. The summed E-state index contributed by atoms with van der Waals surface area (Å²) in [5.41, 5.74) is 1.69. The molecule has 0 saturated carbocycles. The van der Waals surface area contributed by atoms with Crippen LogP contribution < -0.4 is 16.2 Å². The van der Waals surface area contributed by atoms with Gasteiger partial charge in [0.05, 0.1) is 11.7 Å². The topological polar surface area (TPSA) is 93.1 Å². The highest BCUT2D eigenvalue weighted by molar-refractivity contribution is 7.18. The van der Waals surface area contributed by atoms with E-state index in [9.17, 15) is 14.4 Å². The summed E-state index contributed by atoms with van der Waals surface area (Å²) in [6.07, 6.45) is 5.97. The number of carbonyl (C=O) groups is 2. The molecule has 2 aromatic heterocycles. The highest BCUT2D eigenvalue weighted by Gasteiger charge is 2.20. The van der Waals surface area contributed by atoms with Crippen LogP contribution >= 0.6 is 11.3 Å². The molecule has 1 aromatic carbocycles. The number of benzene rings is 1. The smallest absolute Gasteiger partial charge is 0.262 e. The number of aryl methyl sites for hydroxylation is 3. The van der Waals surface area contributed by atoms with Gasteiger partial charge in [0.15, 0.2) is 0 Å². The van der Waals surface area contributed by atoms with Crippen molar-refractivity contribution in [1.82, 2.24) is 20.2 Å². The lowest BCUT2D eigenvalue weighted by Gasteiger charge is -2.10. The van der Waals surface area contributed by atoms with Gasteiger partial charge in [0.2, 0.25) is 5.91 Å². The van der Waals surface area contributed by atoms with E-state index in [0.29, 0.717) is 18.7 Å². The molecule has 0 spiro atoms. The van der Waals surface area contributed by atoms with E-state index >= 15 is 0 Å². The molecule has 2 heterocycles. The number of aromatic nitrogens is 2. The highest BCUT2D eigenvalue weighted by Crippen LogP contribution is 2.33. The number of rotatable bonds is 7. The van der Waals surface area contributed by atoms with E-state index in [-0.39, 0.29) is 30.3 Å². The Labute approximate surface area is 178 Å². The molecule has 8 heteroatoms. The lowest BCUT2D eigenvalue weighted by molar-refractivity contribution is -0.121. The van der Waals surface area contributed by atoms with Crippen LogP contribution in [0.3, 0.4) is 0 Å². The fraction of sp³-hybridized carbons (Fsp3) is 0.364. The van der Waals surface area contributed by atoms with Gasteiger partial charge in [0, 0.05) is 36.5 Å². The van der Waals surface area contributed by atoms with Gasteiger partial charge in [-0.1, -0.05) is 18.2 Å². The van der Waals surface area contributed by atoms with Gasteiger partial charge in [-0.15, -0.1) is 11.3 Å².